The number of imidazole rings is 1. The first-order valence-electron chi connectivity index (χ1n) is 8.93. The second-order valence-electron chi connectivity index (χ2n) is 6.29. The van der Waals surface area contributed by atoms with E-state index in [-0.39, 0.29) is 0 Å². The number of hydrogen-bond acceptors (Lipinski definition) is 5. The molecule has 0 amide bonds. The summed E-state index contributed by atoms with van der Waals surface area (Å²) in [6, 6.07) is 25.9. The van der Waals surface area contributed by atoms with Gasteiger partial charge in [-0.15, -0.1) is 0 Å². The number of benzene rings is 3. The summed E-state index contributed by atoms with van der Waals surface area (Å²) in [5.74, 6) is 1.10. The van der Waals surface area contributed by atoms with E-state index in [1.54, 1.807) is 6.21 Å². The Morgan fingerprint density at radius 1 is 0.750 bits per heavy atom. The Balaban J connectivity index is 1.49. The summed E-state index contributed by atoms with van der Waals surface area (Å²) in [6.07, 6.45) is 1.63. The molecule has 6 heteroatoms. The van der Waals surface area contributed by atoms with Crippen molar-refractivity contribution < 1.29 is 0 Å². The van der Waals surface area contributed by atoms with Gasteiger partial charge in [-0.05, 0) is 18.2 Å². The van der Waals surface area contributed by atoms with Gasteiger partial charge in [0.25, 0.3) is 0 Å². The van der Waals surface area contributed by atoms with E-state index in [1.807, 2.05) is 78.9 Å². The highest BCUT2D eigenvalue weighted by atomic mass is 15.3. The molecule has 0 bridgehead atoms. The maximum absolute atomic E-state index is 4.68. The van der Waals surface area contributed by atoms with Gasteiger partial charge in [0.1, 0.15) is 0 Å². The number of anilines is 1. The van der Waals surface area contributed by atoms with E-state index in [2.05, 4.69) is 30.5 Å². The highest BCUT2D eigenvalue weighted by Gasteiger charge is 2.09. The van der Waals surface area contributed by atoms with Crippen LogP contribution >= 0.6 is 0 Å². The predicted octanol–water partition coefficient (Wildman–Crippen LogP) is 4.62. The summed E-state index contributed by atoms with van der Waals surface area (Å²) in [5.41, 5.74) is 7.56. The molecule has 2 heterocycles. The highest BCUT2D eigenvalue weighted by Crippen LogP contribution is 2.26. The first-order valence-corrected chi connectivity index (χ1v) is 8.93. The van der Waals surface area contributed by atoms with E-state index in [9.17, 15) is 0 Å². The zero-order valence-electron chi connectivity index (χ0n) is 14.9. The normalized spacial score (nSPS) is 11.4. The molecule has 0 aliphatic heterocycles. The van der Waals surface area contributed by atoms with Gasteiger partial charge < -0.3 is 4.98 Å². The fourth-order valence-corrected chi connectivity index (χ4v) is 3.13. The van der Waals surface area contributed by atoms with Crippen molar-refractivity contribution in [3.63, 3.8) is 0 Å². The van der Waals surface area contributed by atoms with E-state index in [0.717, 1.165) is 33.2 Å². The molecular weight excluding hydrogens is 348 g/mol. The predicted molar refractivity (Wildman–Crippen MR) is 112 cm³/mol. The lowest BCUT2D eigenvalue weighted by Gasteiger charge is -2.08. The van der Waals surface area contributed by atoms with E-state index >= 15 is 0 Å². The van der Waals surface area contributed by atoms with E-state index < -0.39 is 0 Å². The van der Waals surface area contributed by atoms with Gasteiger partial charge in [0.2, 0.25) is 5.95 Å². The number of fused-ring (bicyclic) bond motifs is 2. The van der Waals surface area contributed by atoms with Crippen molar-refractivity contribution in [3.05, 3.63) is 84.7 Å². The van der Waals surface area contributed by atoms with Crippen LogP contribution in [0.2, 0.25) is 0 Å². The van der Waals surface area contributed by atoms with E-state index in [1.165, 1.54) is 0 Å². The fourth-order valence-electron chi connectivity index (χ4n) is 3.13. The Kier molecular flexibility index (Phi) is 3.99. The zero-order valence-corrected chi connectivity index (χ0v) is 14.9. The fraction of sp³-hybridized carbons (Fsp3) is 0. The summed E-state index contributed by atoms with van der Waals surface area (Å²) < 4.78 is 0. The SMILES string of the molecule is C(=N/Nc1nc(-c2ccccc2)c2ccccc2n1)/c1nc2ccccc2[nH]1. The molecule has 5 aromatic rings. The topological polar surface area (TPSA) is 78.8 Å². The Hall–Kier alpha value is -4.06. The lowest BCUT2D eigenvalue weighted by Crippen LogP contribution is -2.00. The van der Waals surface area contributed by atoms with E-state index in [0.29, 0.717) is 11.8 Å². The third-order valence-electron chi connectivity index (χ3n) is 4.41. The number of para-hydroxylation sites is 3. The van der Waals surface area contributed by atoms with Crippen LogP contribution in [-0.2, 0) is 0 Å². The number of nitrogens with zero attached hydrogens (tertiary/aromatic N) is 4. The van der Waals surface area contributed by atoms with Crippen LogP contribution in [0.25, 0.3) is 33.2 Å². The maximum atomic E-state index is 4.68. The van der Waals surface area contributed by atoms with Crippen LogP contribution in [-0.4, -0.2) is 26.2 Å². The number of aromatic nitrogens is 4. The third kappa shape index (κ3) is 3.07. The van der Waals surface area contributed by atoms with Crippen LogP contribution in [0.5, 0.6) is 0 Å². The lowest BCUT2D eigenvalue weighted by atomic mass is 10.1. The average molecular weight is 364 g/mol. The van der Waals surface area contributed by atoms with Crippen LogP contribution in [0.4, 0.5) is 5.95 Å². The second kappa shape index (κ2) is 6.92. The molecule has 0 radical (unpaired) electrons. The zero-order chi connectivity index (χ0) is 18.8. The first kappa shape index (κ1) is 16.1. The summed E-state index contributed by atoms with van der Waals surface area (Å²) in [7, 11) is 0. The van der Waals surface area contributed by atoms with Crippen molar-refractivity contribution in [3.8, 4) is 11.3 Å². The monoisotopic (exact) mass is 364 g/mol. The molecule has 0 aliphatic rings. The first-order chi connectivity index (χ1) is 13.9. The molecule has 0 saturated carbocycles. The van der Waals surface area contributed by atoms with Gasteiger partial charge in [-0.3, -0.25) is 0 Å². The molecule has 0 spiro atoms. The number of aromatic amines is 1. The minimum atomic E-state index is 0.435. The lowest BCUT2D eigenvalue weighted by molar-refractivity contribution is 1.15. The maximum Gasteiger partial charge on any atom is 0.244 e. The summed E-state index contributed by atoms with van der Waals surface area (Å²) in [5, 5.41) is 5.26. The minimum Gasteiger partial charge on any atom is -0.337 e. The molecule has 2 aromatic heterocycles. The molecule has 28 heavy (non-hydrogen) atoms. The van der Waals surface area contributed by atoms with E-state index in [4.69, 9.17) is 0 Å². The molecule has 0 atom stereocenters. The highest BCUT2D eigenvalue weighted by molar-refractivity contribution is 5.93. The van der Waals surface area contributed by atoms with Crippen molar-refractivity contribution in [1.82, 2.24) is 19.9 Å². The van der Waals surface area contributed by atoms with Crippen molar-refractivity contribution in [2.45, 2.75) is 0 Å². The van der Waals surface area contributed by atoms with Gasteiger partial charge in [-0.25, -0.2) is 20.4 Å². The van der Waals surface area contributed by atoms with Crippen molar-refractivity contribution >= 4 is 34.1 Å². The Morgan fingerprint density at radius 2 is 1.50 bits per heavy atom. The van der Waals surface area contributed by atoms with Crippen LogP contribution in [0.15, 0.2) is 84.0 Å². The summed E-state index contributed by atoms with van der Waals surface area (Å²) >= 11 is 0. The summed E-state index contributed by atoms with van der Waals surface area (Å²) in [4.78, 5) is 16.9. The number of H-pyrrole nitrogens is 1. The molecular formula is C22H16N6. The van der Waals surface area contributed by atoms with Gasteiger partial charge in [0.15, 0.2) is 5.82 Å². The van der Waals surface area contributed by atoms with Crippen molar-refractivity contribution in [1.29, 1.82) is 0 Å². The van der Waals surface area contributed by atoms with Crippen molar-refractivity contribution in [2.75, 3.05) is 5.43 Å². The van der Waals surface area contributed by atoms with Crippen molar-refractivity contribution in [2.24, 2.45) is 5.10 Å². The van der Waals surface area contributed by atoms with Gasteiger partial charge in [0.05, 0.1) is 28.5 Å². The Morgan fingerprint density at radius 3 is 2.36 bits per heavy atom. The van der Waals surface area contributed by atoms with Gasteiger partial charge in [-0.1, -0.05) is 60.7 Å². The van der Waals surface area contributed by atoms with Crippen LogP contribution in [0.3, 0.4) is 0 Å². The van der Waals surface area contributed by atoms with Crippen LogP contribution in [0, 0.1) is 0 Å². The van der Waals surface area contributed by atoms with Gasteiger partial charge >= 0.3 is 0 Å². The number of hydrazone groups is 1. The smallest absolute Gasteiger partial charge is 0.244 e. The molecule has 0 saturated heterocycles. The summed E-state index contributed by atoms with van der Waals surface area (Å²) in [6.45, 7) is 0. The number of hydrogen-bond donors (Lipinski definition) is 2. The molecule has 6 nitrogen and oxygen atoms in total. The second-order valence-corrected chi connectivity index (χ2v) is 6.29. The number of rotatable bonds is 4. The molecule has 134 valence electrons. The quantitative estimate of drug-likeness (QED) is 0.360. The van der Waals surface area contributed by atoms with Crippen LogP contribution < -0.4 is 5.43 Å². The third-order valence-corrected chi connectivity index (χ3v) is 4.41. The van der Waals surface area contributed by atoms with Gasteiger partial charge in [-0.2, -0.15) is 5.10 Å². The van der Waals surface area contributed by atoms with Crippen LogP contribution in [0.1, 0.15) is 5.82 Å². The molecule has 5 rings (SSSR count). The van der Waals surface area contributed by atoms with Gasteiger partial charge in [0, 0.05) is 10.9 Å². The molecule has 0 aliphatic carbocycles. The standard InChI is InChI=1S/C22H16N6/c1-2-8-15(9-3-1)21-16-10-4-5-11-17(16)26-22(27-21)28-23-14-20-24-18-12-6-7-13-19(18)25-20/h1-14H,(H,24,25)(H,26,27,28)/b23-14-. The largest absolute Gasteiger partial charge is 0.337 e. The molecule has 2 N–H and O–H groups in total. The molecule has 0 unspecified atom stereocenters. The molecule has 3 aromatic carbocycles. The molecule has 0 fully saturated rings. The average Bonchev–Trinajstić information content (AvgIpc) is 3.16. The number of nitrogens with one attached hydrogen (secondary N) is 2. The Bertz CT molecular complexity index is 1260. The Labute approximate surface area is 161 Å². The minimum absolute atomic E-state index is 0.435.